The molecule has 10 heteroatoms. The van der Waals surface area contributed by atoms with Crippen LogP contribution in [0, 0.1) is 0 Å². The molecule has 2 unspecified atom stereocenters. The number of piperazine rings is 1. The van der Waals surface area contributed by atoms with Gasteiger partial charge in [0.15, 0.2) is 13.5 Å². The molecule has 228 valence electrons. The van der Waals surface area contributed by atoms with Gasteiger partial charge in [0, 0.05) is 0 Å². The Morgan fingerprint density at radius 3 is 1.36 bits per heavy atom. The summed E-state index contributed by atoms with van der Waals surface area (Å²) in [6, 6.07) is 22.7. The van der Waals surface area contributed by atoms with E-state index in [2.05, 4.69) is 0 Å². The minimum atomic E-state index is -0.583. The van der Waals surface area contributed by atoms with E-state index in [0.717, 1.165) is 44.2 Å². The zero-order valence-electron chi connectivity index (χ0n) is 25.1. The summed E-state index contributed by atoms with van der Waals surface area (Å²) in [5, 5.41) is 3.86. The zero-order valence-corrected chi connectivity index (χ0v) is 25.1. The predicted molar refractivity (Wildman–Crippen MR) is 163 cm³/mol. The van der Waals surface area contributed by atoms with E-state index in [9.17, 15) is 19.2 Å². The van der Waals surface area contributed by atoms with Gasteiger partial charge in [-0.3, -0.25) is 29.0 Å². The summed E-state index contributed by atoms with van der Waals surface area (Å²) in [4.78, 5) is 53.4. The molecule has 4 aromatic carbocycles. The summed E-state index contributed by atoms with van der Waals surface area (Å²) in [5.74, 6) is -1.55. The van der Waals surface area contributed by atoms with Gasteiger partial charge in [-0.2, -0.15) is 0 Å². The summed E-state index contributed by atoms with van der Waals surface area (Å²) in [6.45, 7) is 2.16. The van der Waals surface area contributed by atoms with Gasteiger partial charge in [-0.05, 0) is 70.8 Å². The summed E-state index contributed by atoms with van der Waals surface area (Å²) in [7, 11) is 3.21. The Hall–Kier alpha value is -5.12. The summed E-state index contributed by atoms with van der Waals surface area (Å²) < 4.78 is 21.3. The topological polar surface area (TPSA) is 112 Å². The molecule has 0 radical (unpaired) electrons. The first-order chi connectivity index (χ1) is 21.2. The standard InChI is InChI=1S/C34H34N2O8/c1-21(23-5-7-27-15-29(41-3)11-9-25(27)13-23)33(39)43-19-35-17-32(38)36(18-31(35)37)20-44-34(40)22(2)24-6-8-28-16-30(42-4)12-10-26(28)14-24/h5-16,21-22H,17-20H2,1-4H3. The maximum atomic E-state index is 12.8. The van der Waals surface area contributed by atoms with Gasteiger partial charge in [0.2, 0.25) is 11.8 Å². The lowest BCUT2D eigenvalue weighted by atomic mass is 9.98. The lowest BCUT2D eigenvalue weighted by Gasteiger charge is -2.33. The molecule has 4 aromatic rings. The van der Waals surface area contributed by atoms with E-state index in [1.807, 2.05) is 72.8 Å². The van der Waals surface area contributed by atoms with E-state index in [4.69, 9.17) is 18.9 Å². The van der Waals surface area contributed by atoms with Crippen LogP contribution in [0.25, 0.3) is 21.5 Å². The van der Waals surface area contributed by atoms with Crippen molar-refractivity contribution in [1.82, 2.24) is 9.80 Å². The van der Waals surface area contributed by atoms with Crippen LogP contribution in [0.1, 0.15) is 36.8 Å². The second kappa shape index (κ2) is 13.0. The fourth-order valence-electron chi connectivity index (χ4n) is 5.02. The number of benzene rings is 4. The molecule has 1 aliphatic heterocycles. The van der Waals surface area contributed by atoms with E-state index in [1.54, 1.807) is 28.1 Å². The van der Waals surface area contributed by atoms with Crippen molar-refractivity contribution in [3.63, 3.8) is 0 Å². The molecule has 44 heavy (non-hydrogen) atoms. The van der Waals surface area contributed by atoms with Gasteiger partial charge in [0.25, 0.3) is 0 Å². The third-order valence-corrected chi connectivity index (χ3v) is 7.93. The number of carbonyl (C=O) groups is 4. The first kappa shape index (κ1) is 30.3. The monoisotopic (exact) mass is 598 g/mol. The molecule has 1 aliphatic rings. The van der Waals surface area contributed by atoms with Gasteiger partial charge in [0.05, 0.1) is 26.1 Å². The normalized spacial score (nSPS) is 14.8. The lowest BCUT2D eigenvalue weighted by Crippen LogP contribution is -2.55. The molecular formula is C34H34N2O8. The van der Waals surface area contributed by atoms with Crippen LogP contribution in [-0.4, -0.2) is 74.3 Å². The molecule has 0 spiro atoms. The Kier molecular flexibility index (Phi) is 8.99. The van der Waals surface area contributed by atoms with Crippen LogP contribution in [0.2, 0.25) is 0 Å². The van der Waals surface area contributed by atoms with Gasteiger partial charge in [-0.15, -0.1) is 0 Å². The number of nitrogens with zero attached hydrogens (tertiary/aromatic N) is 2. The Morgan fingerprint density at radius 2 is 0.977 bits per heavy atom. The summed E-state index contributed by atoms with van der Waals surface area (Å²) >= 11 is 0. The van der Waals surface area contributed by atoms with Crippen molar-refractivity contribution in [1.29, 1.82) is 0 Å². The molecule has 10 nitrogen and oxygen atoms in total. The van der Waals surface area contributed by atoms with Crippen molar-refractivity contribution in [3.8, 4) is 11.5 Å². The average molecular weight is 599 g/mol. The molecule has 0 N–H and O–H groups in total. The first-order valence-corrected chi connectivity index (χ1v) is 14.2. The second-order valence-electron chi connectivity index (χ2n) is 10.8. The number of methoxy groups -OCH3 is 2. The highest BCUT2D eigenvalue weighted by atomic mass is 16.6. The molecule has 0 bridgehead atoms. The number of amides is 2. The highest BCUT2D eigenvalue weighted by Crippen LogP contribution is 2.27. The molecule has 2 atom stereocenters. The molecule has 1 saturated heterocycles. The Morgan fingerprint density at radius 1 is 0.614 bits per heavy atom. The van der Waals surface area contributed by atoms with Crippen LogP contribution in [0.4, 0.5) is 0 Å². The van der Waals surface area contributed by atoms with Crippen molar-refractivity contribution >= 4 is 45.3 Å². The van der Waals surface area contributed by atoms with Crippen molar-refractivity contribution in [2.45, 2.75) is 25.7 Å². The number of rotatable bonds is 10. The van der Waals surface area contributed by atoms with E-state index in [0.29, 0.717) is 0 Å². The van der Waals surface area contributed by atoms with Crippen LogP contribution >= 0.6 is 0 Å². The lowest BCUT2D eigenvalue weighted by molar-refractivity contribution is -0.169. The smallest absolute Gasteiger partial charge is 0.314 e. The van der Waals surface area contributed by atoms with Crippen LogP contribution in [-0.2, 0) is 28.7 Å². The van der Waals surface area contributed by atoms with Gasteiger partial charge in [-0.1, -0.05) is 48.5 Å². The average Bonchev–Trinajstić information content (AvgIpc) is 3.05. The van der Waals surface area contributed by atoms with Crippen LogP contribution in [0.3, 0.4) is 0 Å². The minimum Gasteiger partial charge on any atom is -0.497 e. The van der Waals surface area contributed by atoms with E-state index in [1.165, 1.54) is 9.80 Å². The number of carbonyl (C=O) groups excluding carboxylic acids is 4. The van der Waals surface area contributed by atoms with Crippen molar-refractivity contribution in [2.24, 2.45) is 0 Å². The van der Waals surface area contributed by atoms with Gasteiger partial charge < -0.3 is 18.9 Å². The van der Waals surface area contributed by atoms with Gasteiger partial charge >= 0.3 is 11.9 Å². The quantitative estimate of drug-likeness (QED) is 0.244. The van der Waals surface area contributed by atoms with Crippen LogP contribution in [0.5, 0.6) is 11.5 Å². The minimum absolute atomic E-state index is 0.292. The fraction of sp³-hybridized carbons (Fsp3) is 0.294. The summed E-state index contributed by atoms with van der Waals surface area (Å²) in [6.07, 6.45) is 0. The van der Waals surface area contributed by atoms with E-state index in [-0.39, 0.29) is 26.6 Å². The Balaban J connectivity index is 1.11. The number of fused-ring (bicyclic) bond motifs is 2. The Labute approximate surface area is 255 Å². The molecule has 1 heterocycles. The third kappa shape index (κ3) is 6.59. The van der Waals surface area contributed by atoms with Crippen molar-refractivity contribution < 1.29 is 38.1 Å². The maximum Gasteiger partial charge on any atom is 0.314 e. The second-order valence-corrected chi connectivity index (χ2v) is 10.8. The Bertz CT molecular complexity index is 1610. The zero-order chi connectivity index (χ0) is 31.4. The maximum absolute atomic E-state index is 12.8. The van der Waals surface area contributed by atoms with E-state index >= 15 is 0 Å². The molecule has 1 fully saturated rings. The largest absolute Gasteiger partial charge is 0.497 e. The SMILES string of the molecule is COc1ccc2cc(C(C)C(=O)OCN3CC(=O)N(COC(=O)C(C)c4ccc5cc(OC)ccc5c4)CC3=O)ccc2c1. The molecule has 0 aliphatic carbocycles. The molecular weight excluding hydrogens is 564 g/mol. The highest BCUT2D eigenvalue weighted by molar-refractivity contribution is 5.93. The van der Waals surface area contributed by atoms with Crippen molar-refractivity contribution in [3.05, 3.63) is 83.9 Å². The molecule has 5 rings (SSSR count). The van der Waals surface area contributed by atoms with Crippen LogP contribution in [0.15, 0.2) is 72.8 Å². The molecule has 2 amide bonds. The van der Waals surface area contributed by atoms with E-state index < -0.39 is 35.6 Å². The number of esters is 2. The first-order valence-electron chi connectivity index (χ1n) is 14.2. The van der Waals surface area contributed by atoms with Crippen molar-refractivity contribution in [2.75, 3.05) is 40.8 Å². The highest BCUT2D eigenvalue weighted by Gasteiger charge is 2.32. The number of hydrogen-bond donors (Lipinski definition) is 0. The third-order valence-electron chi connectivity index (χ3n) is 7.93. The molecule has 0 aromatic heterocycles. The predicted octanol–water partition coefficient (Wildman–Crippen LogP) is 4.59. The van der Waals surface area contributed by atoms with Crippen LogP contribution < -0.4 is 9.47 Å². The number of hydrogen-bond acceptors (Lipinski definition) is 8. The fourth-order valence-corrected chi connectivity index (χ4v) is 5.02. The summed E-state index contributed by atoms with van der Waals surface area (Å²) in [5.41, 5.74) is 1.53. The van der Waals surface area contributed by atoms with Gasteiger partial charge in [0.1, 0.15) is 24.6 Å². The van der Waals surface area contributed by atoms with Gasteiger partial charge in [-0.25, -0.2) is 0 Å². The molecule has 0 saturated carbocycles. The number of ether oxygens (including phenoxy) is 4.